The molecule has 4 aliphatic rings. The Morgan fingerprint density at radius 1 is 1.19 bits per heavy atom. The van der Waals surface area contributed by atoms with Gasteiger partial charge in [-0.1, -0.05) is 40.7 Å². The molecule has 146 valence electrons. The Balaban J connectivity index is 0.000000948. The summed E-state index contributed by atoms with van der Waals surface area (Å²) in [6.45, 7) is 10.9. The molecule has 3 fully saturated rings. The average Bonchev–Trinajstić information content (AvgIpc) is 2.96. The van der Waals surface area contributed by atoms with Crippen LogP contribution in [0.3, 0.4) is 0 Å². The van der Waals surface area contributed by atoms with Gasteiger partial charge in [0.2, 0.25) is 5.91 Å². The van der Waals surface area contributed by atoms with Gasteiger partial charge in [0.1, 0.15) is 0 Å². The lowest BCUT2D eigenvalue weighted by molar-refractivity contribution is -0.151. The van der Waals surface area contributed by atoms with Crippen molar-refractivity contribution in [3.63, 3.8) is 0 Å². The van der Waals surface area contributed by atoms with Crippen LogP contribution in [-0.2, 0) is 9.59 Å². The molecule has 26 heavy (non-hydrogen) atoms. The summed E-state index contributed by atoms with van der Waals surface area (Å²) in [5.41, 5.74) is -0.0280. The van der Waals surface area contributed by atoms with Crippen molar-refractivity contribution in [3.05, 3.63) is 12.2 Å². The Kier molecular flexibility index (Phi) is 5.00. The Morgan fingerprint density at radius 3 is 2.54 bits per heavy atom. The molecule has 0 aromatic heterocycles. The molecular formula is C22H35NO3. The number of hydrogen-bond acceptors (Lipinski definition) is 2. The standard InChI is InChI=1S/C20H29NO3.C2H6/c1-11-10-15-20(3,9-7-16(22)21-15)13-6-8-19(2)12(17(11)13)4-5-14(19)18(23)24;1-2/h7,9,11-15,17H,4-6,8,10H2,1-3H3,(H,21,22)(H,23,24);1-2H3. The number of carboxylic acids is 1. The normalized spacial score (nSPS) is 49.0. The molecule has 4 rings (SSSR count). The van der Waals surface area contributed by atoms with Gasteiger partial charge in [-0.25, -0.2) is 0 Å². The fraction of sp³-hybridized carbons (Fsp3) is 0.818. The maximum atomic E-state index is 11.8. The summed E-state index contributed by atoms with van der Waals surface area (Å²) in [5, 5.41) is 12.9. The Bertz CT molecular complexity index is 615. The quantitative estimate of drug-likeness (QED) is 0.733. The van der Waals surface area contributed by atoms with Crippen LogP contribution >= 0.6 is 0 Å². The highest BCUT2D eigenvalue weighted by molar-refractivity contribution is 5.89. The van der Waals surface area contributed by atoms with E-state index in [9.17, 15) is 14.7 Å². The molecule has 0 spiro atoms. The highest BCUT2D eigenvalue weighted by atomic mass is 16.4. The van der Waals surface area contributed by atoms with Crippen LogP contribution < -0.4 is 5.32 Å². The fourth-order valence-electron chi connectivity index (χ4n) is 7.09. The molecule has 8 unspecified atom stereocenters. The van der Waals surface area contributed by atoms with Crippen LogP contribution in [0, 0.1) is 40.4 Å². The second kappa shape index (κ2) is 6.69. The predicted octanol–water partition coefficient (Wildman–Crippen LogP) is 4.26. The van der Waals surface area contributed by atoms with Crippen molar-refractivity contribution < 1.29 is 14.7 Å². The van der Waals surface area contributed by atoms with E-state index in [4.69, 9.17) is 0 Å². The zero-order valence-corrected chi connectivity index (χ0v) is 16.9. The van der Waals surface area contributed by atoms with E-state index in [2.05, 4.69) is 32.2 Å². The van der Waals surface area contributed by atoms with Crippen LogP contribution in [0.4, 0.5) is 0 Å². The first-order chi connectivity index (χ1) is 12.3. The molecule has 0 bridgehead atoms. The molecule has 3 saturated carbocycles. The number of aliphatic carboxylic acids is 1. The molecule has 0 radical (unpaired) electrons. The van der Waals surface area contributed by atoms with Gasteiger partial charge in [0.25, 0.3) is 0 Å². The van der Waals surface area contributed by atoms with E-state index >= 15 is 0 Å². The third kappa shape index (κ3) is 2.63. The first kappa shape index (κ1) is 19.4. The van der Waals surface area contributed by atoms with Crippen LogP contribution in [0.5, 0.6) is 0 Å². The number of carbonyl (C=O) groups is 2. The zero-order valence-electron chi connectivity index (χ0n) is 16.9. The molecule has 0 saturated heterocycles. The van der Waals surface area contributed by atoms with Gasteiger partial charge in [0, 0.05) is 11.5 Å². The van der Waals surface area contributed by atoms with Crippen LogP contribution in [0.2, 0.25) is 0 Å². The van der Waals surface area contributed by atoms with Gasteiger partial charge in [0.15, 0.2) is 0 Å². The Labute approximate surface area is 157 Å². The van der Waals surface area contributed by atoms with Gasteiger partial charge in [-0.15, -0.1) is 0 Å². The van der Waals surface area contributed by atoms with Crippen LogP contribution in [0.15, 0.2) is 12.2 Å². The lowest BCUT2D eigenvalue weighted by atomic mass is 9.45. The van der Waals surface area contributed by atoms with E-state index in [1.165, 1.54) is 0 Å². The predicted molar refractivity (Wildman–Crippen MR) is 102 cm³/mol. The van der Waals surface area contributed by atoms with E-state index in [-0.39, 0.29) is 28.7 Å². The molecule has 1 aliphatic heterocycles. The van der Waals surface area contributed by atoms with Crippen molar-refractivity contribution >= 4 is 11.9 Å². The summed E-state index contributed by atoms with van der Waals surface area (Å²) < 4.78 is 0. The summed E-state index contributed by atoms with van der Waals surface area (Å²) in [6, 6.07) is 0.229. The maximum absolute atomic E-state index is 11.8. The zero-order chi connectivity index (χ0) is 19.3. The summed E-state index contributed by atoms with van der Waals surface area (Å²) in [4.78, 5) is 23.6. The van der Waals surface area contributed by atoms with Crippen molar-refractivity contribution in [2.45, 2.75) is 72.8 Å². The van der Waals surface area contributed by atoms with Gasteiger partial charge in [-0.05, 0) is 67.3 Å². The maximum Gasteiger partial charge on any atom is 0.307 e. The third-order valence-corrected chi connectivity index (χ3v) is 8.36. The second-order valence-electron chi connectivity index (χ2n) is 9.28. The van der Waals surface area contributed by atoms with Crippen molar-refractivity contribution in [1.29, 1.82) is 0 Å². The van der Waals surface area contributed by atoms with Crippen LogP contribution in [0.1, 0.15) is 66.7 Å². The molecule has 1 heterocycles. The van der Waals surface area contributed by atoms with E-state index in [0.717, 1.165) is 32.1 Å². The van der Waals surface area contributed by atoms with Crippen molar-refractivity contribution in [2.75, 3.05) is 0 Å². The van der Waals surface area contributed by atoms with E-state index in [0.29, 0.717) is 23.7 Å². The van der Waals surface area contributed by atoms with Crippen LogP contribution in [-0.4, -0.2) is 23.0 Å². The molecular weight excluding hydrogens is 326 g/mol. The van der Waals surface area contributed by atoms with Crippen molar-refractivity contribution in [2.24, 2.45) is 40.4 Å². The first-order valence-electron chi connectivity index (χ1n) is 10.5. The smallest absolute Gasteiger partial charge is 0.307 e. The lowest BCUT2D eigenvalue weighted by Crippen LogP contribution is -2.61. The molecule has 4 nitrogen and oxygen atoms in total. The van der Waals surface area contributed by atoms with Gasteiger partial charge in [-0.2, -0.15) is 0 Å². The highest BCUT2D eigenvalue weighted by Crippen LogP contribution is 2.66. The molecule has 8 atom stereocenters. The third-order valence-electron chi connectivity index (χ3n) is 8.36. The lowest BCUT2D eigenvalue weighted by Gasteiger charge is -2.60. The van der Waals surface area contributed by atoms with E-state index < -0.39 is 5.97 Å². The molecule has 3 aliphatic carbocycles. The van der Waals surface area contributed by atoms with Crippen molar-refractivity contribution in [3.8, 4) is 0 Å². The molecule has 0 aromatic rings. The van der Waals surface area contributed by atoms with Gasteiger partial charge < -0.3 is 10.4 Å². The van der Waals surface area contributed by atoms with Gasteiger partial charge in [-0.3, -0.25) is 9.59 Å². The minimum Gasteiger partial charge on any atom is -0.481 e. The number of hydrogen-bond donors (Lipinski definition) is 2. The average molecular weight is 362 g/mol. The fourth-order valence-corrected chi connectivity index (χ4v) is 7.09. The summed E-state index contributed by atoms with van der Waals surface area (Å²) in [6.07, 6.45) is 8.86. The highest BCUT2D eigenvalue weighted by Gasteiger charge is 2.62. The molecule has 0 aromatic carbocycles. The number of fused-ring (bicyclic) bond motifs is 5. The van der Waals surface area contributed by atoms with E-state index in [1.54, 1.807) is 6.08 Å². The number of nitrogens with one attached hydrogen (secondary N) is 1. The topological polar surface area (TPSA) is 66.4 Å². The van der Waals surface area contributed by atoms with E-state index in [1.807, 2.05) is 13.8 Å². The Hall–Kier alpha value is -1.32. The largest absolute Gasteiger partial charge is 0.481 e. The first-order valence-corrected chi connectivity index (χ1v) is 10.5. The van der Waals surface area contributed by atoms with Crippen LogP contribution in [0.25, 0.3) is 0 Å². The minimum absolute atomic E-state index is 0.0216. The van der Waals surface area contributed by atoms with Crippen molar-refractivity contribution in [1.82, 2.24) is 5.32 Å². The summed E-state index contributed by atoms with van der Waals surface area (Å²) in [5.74, 6) is 1.44. The number of rotatable bonds is 1. The van der Waals surface area contributed by atoms with Gasteiger partial charge >= 0.3 is 5.97 Å². The SMILES string of the molecule is CC.CC1CC2NC(=O)C=CC2(C)C2CCC3(C)C(C(=O)O)CCC3C12. The molecule has 4 heteroatoms. The molecule has 2 N–H and O–H groups in total. The minimum atomic E-state index is -0.601. The monoisotopic (exact) mass is 361 g/mol. The van der Waals surface area contributed by atoms with Gasteiger partial charge in [0.05, 0.1) is 5.92 Å². The Morgan fingerprint density at radius 2 is 1.88 bits per heavy atom. The summed E-state index contributed by atoms with van der Waals surface area (Å²) in [7, 11) is 0. The number of carboxylic acid groups (broad SMARTS) is 1. The number of carbonyl (C=O) groups excluding carboxylic acids is 1. The second-order valence-corrected chi connectivity index (χ2v) is 9.28. The molecule has 1 amide bonds. The number of amides is 1. The summed E-state index contributed by atoms with van der Waals surface area (Å²) >= 11 is 0.